The SMILES string of the molecule is COc1cccc2c1C(=O)c1c(O)c3c(c(O)c1C2=O)CC(O)(/C(CO)=N/NS(=O)(=O)c1ccc(C)cc1)CC3OC1CC(N)C(O)C(C)O1. The topological polar surface area (TPSA) is 248 Å². The Labute approximate surface area is 287 Å². The van der Waals surface area contributed by atoms with Crippen LogP contribution in [0, 0.1) is 6.92 Å². The number of hydrazone groups is 1. The van der Waals surface area contributed by atoms with E-state index in [1.54, 1.807) is 26.0 Å². The predicted molar refractivity (Wildman–Crippen MR) is 176 cm³/mol. The van der Waals surface area contributed by atoms with Crippen molar-refractivity contribution in [2.24, 2.45) is 10.8 Å². The smallest absolute Gasteiger partial charge is 0.276 e. The Hall–Kier alpha value is -4.42. The summed E-state index contributed by atoms with van der Waals surface area (Å²) < 4.78 is 43.4. The summed E-state index contributed by atoms with van der Waals surface area (Å²) in [6.45, 7) is 2.38. The molecule has 1 fully saturated rings. The number of aryl methyl sites for hydroxylation is 1. The van der Waals surface area contributed by atoms with Crippen molar-refractivity contribution in [3.05, 3.63) is 81.4 Å². The number of carbonyl (C=O) groups is 2. The van der Waals surface area contributed by atoms with E-state index in [9.17, 15) is 43.5 Å². The van der Waals surface area contributed by atoms with Crippen LogP contribution in [-0.4, -0.2) is 95.1 Å². The number of ketones is 2. The molecule has 0 aromatic heterocycles. The van der Waals surface area contributed by atoms with E-state index in [0.29, 0.717) is 0 Å². The first-order valence-electron chi connectivity index (χ1n) is 15.7. The van der Waals surface area contributed by atoms with Gasteiger partial charge in [0.2, 0.25) is 5.78 Å². The Bertz CT molecular complexity index is 2000. The number of nitrogens with one attached hydrogen (secondary N) is 1. The van der Waals surface area contributed by atoms with Gasteiger partial charge in [-0.2, -0.15) is 18.4 Å². The number of aliphatic hydroxyl groups is 3. The van der Waals surface area contributed by atoms with Crippen molar-refractivity contribution in [3.63, 3.8) is 0 Å². The lowest BCUT2D eigenvalue weighted by molar-refractivity contribution is -0.245. The molecule has 0 amide bonds. The fourth-order valence-corrected chi connectivity index (χ4v) is 7.61. The second kappa shape index (κ2) is 13.0. The minimum atomic E-state index is -4.27. The summed E-state index contributed by atoms with van der Waals surface area (Å²) in [5.74, 6) is -2.99. The lowest BCUT2D eigenvalue weighted by atomic mass is 9.71. The molecule has 266 valence electrons. The Morgan fingerprint density at radius 1 is 1.08 bits per heavy atom. The summed E-state index contributed by atoms with van der Waals surface area (Å²) in [6, 6.07) is 9.40. The molecular formula is C34H37N3O12S. The van der Waals surface area contributed by atoms with Crippen LogP contribution in [0.3, 0.4) is 0 Å². The number of hydrogen-bond donors (Lipinski definition) is 7. The fraction of sp³-hybridized carbons (Fsp3) is 0.382. The molecule has 6 rings (SSSR count). The van der Waals surface area contributed by atoms with Crippen LogP contribution in [0.15, 0.2) is 52.5 Å². The predicted octanol–water partition coefficient (Wildman–Crippen LogP) is 1.08. The van der Waals surface area contributed by atoms with Crippen molar-refractivity contribution in [3.8, 4) is 17.2 Å². The number of rotatable bonds is 8. The Morgan fingerprint density at radius 3 is 2.40 bits per heavy atom. The summed E-state index contributed by atoms with van der Waals surface area (Å²) in [6.07, 6.45) is -5.51. The third-order valence-corrected chi connectivity index (χ3v) is 10.7. The van der Waals surface area contributed by atoms with Crippen molar-refractivity contribution in [2.45, 2.75) is 74.3 Å². The number of phenols is 2. The van der Waals surface area contributed by atoms with Crippen LogP contribution in [0.5, 0.6) is 17.2 Å². The second-order valence-corrected chi connectivity index (χ2v) is 14.4. The number of nitrogens with two attached hydrogens (primary N) is 1. The molecular weight excluding hydrogens is 674 g/mol. The molecule has 0 radical (unpaired) electrons. The largest absolute Gasteiger partial charge is 0.507 e. The van der Waals surface area contributed by atoms with Crippen molar-refractivity contribution in [1.29, 1.82) is 0 Å². The van der Waals surface area contributed by atoms with E-state index in [1.165, 1.54) is 37.4 Å². The number of aromatic hydroxyl groups is 2. The van der Waals surface area contributed by atoms with Gasteiger partial charge in [0.25, 0.3) is 10.0 Å². The van der Waals surface area contributed by atoms with Gasteiger partial charge in [-0.05, 0) is 32.0 Å². The van der Waals surface area contributed by atoms with E-state index in [4.69, 9.17) is 19.9 Å². The van der Waals surface area contributed by atoms with Crippen LogP contribution in [0.1, 0.15) is 74.4 Å². The summed E-state index contributed by atoms with van der Waals surface area (Å²) >= 11 is 0. The van der Waals surface area contributed by atoms with Crippen LogP contribution in [-0.2, 0) is 25.9 Å². The van der Waals surface area contributed by atoms with Crippen molar-refractivity contribution >= 4 is 27.3 Å². The van der Waals surface area contributed by atoms with Crippen molar-refractivity contribution < 1.29 is 57.8 Å². The lowest BCUT2D eigenvalue weighted by Gasteiger charge is -2.43. The van der Waals surface area contributed by atoms with Gasteiger partial charge in [0.1, 0.15) is 22.8 Å². The number of benzene rings is 3. The van der Waals surface area contributed by atoms with E-state index in [1.807, 2.05) is 4.83 Å². The van der Waals surface area contributed by atoms with Crippen molar-refractivity contribution in [2.75, 3.05) is 13.7 Å². The number of sulfonamides is 1. The van der Waals surface area contributed by atoms with E-state index in [2.05, 4.69) is 5.10 Å². The molecule has 15 nitrogen and oxygen atoms in total. The standard InChI is InChI=1S/C34H37N3O12S/c1-15-7-9-17(10-8-15)50(45,46)37-36-23(14-38)34(44)12-19-26(22(13-34)49-24-11-20(35)29(39)16(2)48-24)33(43)28-27(31(19)41)30(40)18-5-4-6-21(47-3)25(18)32(28)42/h4-10,16,20,22,24,29,37-39,41,43-44H,11-14,35H2,1-3H3/b36-23+. The number of hydrogen-bond acceptors (Lipinski definition) is 14. The molecule has 0 spiro atoms. The summed E-state index contributed by atoms with van der Waals surface area (Å²) in [7, 11) is -2.96. The van der Waals surface area contributed by atoms with Crippen molar-refractivity contribution in [1.82, 2.24) is 4.83 Å². The second-order valence-electron chi connectivity index (χ2n) is 12.7. The van der Waals surface area contributed by atoms with Gasteiger partial charge in [-0.1, -0.05) is 29.8 Å². The molecule has 1 saturated heterocycles. The summed E-state index contributed by atoms with van der Waals surface area (Å²) in [4.78, 5) is 29.6. The van der Waals surface area contributed by atoms with Crippen LogP contribution < -0.4 is 15.3 Å². The Balaban J connectivity index is 1.48. The number of aliphatic hydroxyl groups excluding tert-OH is 2. The Kier molecular flexibility index (Phi) is 9.23. The first-order valence-corrected chi connectivity index (χ1v) is 17.2. The third-order valence-electron chi connectivity index (χ3n) is 9.46. The van der Waals surface area contributed by atoms with Crippen LogP contribution >= 0.6 is 0 Å². The van der Waals surface area contributed by atoms with E-state index in [-0.39, 0.29) is 39.3 Å². The lowest BCUT2D eigenvalue weighted by Crippen LogP contribution is -2.53. The average molecular weight is 712 g/mol. The summed E-state index contributed by atoms with van der Waals surface area (Å²) in [5, 5.41) is 60.2. The third kappa shape index (κ3) is 5.91. The maximum Gasteiger partial charge on any atom is 0.276 e. The molecule has 3 aromatic rings. The molecule has 16 heteroatoms. The van der Waals surface area contributed by atoms with Gasteiger partial charge in [0, 0.05) is 42.0 Å². The Morgan fingerprint density at radius 2 is 1.76 bits per heavy atom. The zero-order chi connectivity index (χ0) is 36.3. The molecule has 0 bridgehead atoms. The normalized spacial score (nSPS) is 26.5. The van der Waals surface area contributed by atoms with Gasteiger partial charge in [-0.3, -0.25) is 9.59 Å². The minimum Gasteiger partial charge on any atom is -0.507 e. The molecule has 50 heavy (non-hydrogen) atoms. The number of carbonyl (C=O) groups excluding carboxylic acids is 2. The highest BCUT2D eigenvalue weighted by molar-refractivity contribution is 7.89. The molecule has 1 heterocycles. The zero-order valence-electron chi connectivity index (χ0n) is 27.3. The number of fused-ring (bicyclic) bond motifs is 3. The van der Waals surface area contributed by atoms with Crippen LogP contribution in [0.25, 0.3) is 0 Å². The maximum absolute atomic E-state index is 13.9. The highest BCUT2D eigenvalue weighted by atomic mass is 32.2. The van der Waals surface area contributed by atoms with E-state index in [0.717, 1.165) is 5.56 Å². The van der Waals surface area contributed by atoms with E-state index < -0.39 is 106 Å². The molecule has 6 unspecified atom stereocenters. The highest BCUT2D eigenvalue weighted by Crippen LogP contribution is 2.52. The number of methoxy groups -OCH3 is 1. The van der Waals surface area contributed by atoms with Crippen LogP contribution in [0.4, 0.5) is 0 Å². The fourth-order valence-electron chi connectivity index (χ4n) is 6.78. The highest BCUT2D eigenvalue weighted by Gasteiger charge is 2.49. The van der Waals surface area contributed by atoms with Gasteiger partial charge < -0.3 is 45.5 Å². The molecule has 2 aliphatic carbocycles. The van der Waals surface area contributed by atoms with Gasteiger partial charge >= 0.3 is 0 Å². The maximum atomic E-state index is 13.9. The average Bonchev–Trinajstić information content (AvgIpc) is 3.07. The molecule has 1 aliphatic heterocycles. The first-order chi connectivity index (χ1) is 23.6. The zero-order valence-corrected chi connectivity index (χ0v) is 28.1. The molecule has 3 aliphatic rings. The van der Waals surface area contributed by atoms with Gasteiger partial charge in [0.05, 0.1) is 59.3 Å². The number of nitrogens with zero attached hydrogens (tertiary/aromatic N) is 1. The van der Waals surface area contributed by atoms with Gasteiger partial charge in [-0.25, -0.2) is 0 Å². The van der Waals surface area contributed by atoms with Gasteiger partial charge in [0.15, 0.2) is 12.1 Å². The quantitative estimate of drug-likeness (QED) is 0.0769. The minimum absolute atomic E-state index is 0.0350. The molecule has 6 atom stereocenters. The monoisotopic (exact) mass is 711 g/mol. The molecule has 8 N–H and O–H groups in total. The van der Waals surface area contributed by atoms with Crippen LogP contribution in [0.2, 0.25) is 0 Å². The summed E-state index contributed by atoms with van der Waals surface area (Å²) in [5.41, 5.74) is 2.57. The number of phenolic OH excluding ortho intramolecular Hbond substituents is 2. The first kappa shape index (κ1) is 35.4. The van der Waals surface area contributed by atoms with E-state index >= 15 is 0 Å². The van der Waals surface area contributed by atoms with Gasteiger partial charge in [-0.15, -0.1) is 0 Å². The number of ether oxygens (including phenoxy) is 3. The molecule has 0 saturated carbocycles. The molecule has 3 aromatic carbocycles.